The van der Waals surface area contributed by atoms with Gasteiger partial charge in [-0.1, -0.05) is 0 Å². The van der Waals surface area contributed by atoms with Crippen LogP contribution in [-0.4, -0.2) is 42.2 Å². The van der Waals surface area contributed by atoms with Gasteiger partial charge in [0.2, 0.25) is 0 Å². The van der Waals surface area contributed by atoms with Crippen molar-refractivity contribution in [2.24, 2.45) is 0 Å². The zero-order valence-corrected chi connectivity index (χ0v) is 10.8. The molecule has 0 aliphatic carbocycles. The van der Waals surface area contributed by atoms with Crippen LogP contribution in [0.5, 0.6) is 0 Å². The summed E-state index contributed by atoms with van der Waals surface area (Å²) in [6.07, 6.45) is 2.48. The van der Waals surface area contributed by atoms with Crippen molar-refractivity contribution < 1.29 is 4.74 Å². The third-order valence-corrected chi connectivity index (χ3v) is 2.99. The van der Waals surface area contributed by atoms with Gasteiger partial charge in [0.15, 0.2) is 0 Å². The molecule has 1 aliphatic heterocycles. The molecular formula is C13H21N3O. The average molecular weight is 235 g/mol. The maximum Gasteiger partial charge on any atom is 0.0678 e. The summed E-state index contributed by atoms with van der Waals surface area (Å²) in [5.74, 6) is 0. The van der Waals surface area contributed by atoms with Gasteiger partial charge in [0.1, 0.15) is 0 Å². The maximum atomic E-state index is 5.72. The lowest BCUT2D eigenvalue weighted by Gasteiger charge is -2.35. The van der Waals surface area contributed by atoms with Crippen LogP contribution in [-0.2, 0) is 11.3 Å². The molecule has 0 aromatic carbocycles. The summed E-state index contributed by atoms with van der Waals surface area (Å²) >= 11 is 0. The third kappa shape index (κ3) is 3.41. The third-order valence-electron chi connectivity index (χ3n) is 2.99. The molecule has 1 aliphatic rings. The molecule has 0 saturated carbocycles. The molecule has 1 saturated heterocycles. The van der Waals surface area contributed by atoms with E-state index < -0.39 is 0 Å². The second-order valence-corrected chi connectivity index (χ2v) is 4.74. The smallest absolute Gasteiger partial charge is 0.0678 e. The van der Waals surface area contributed by atoms with E-state index >= 15 is 0 Å². The molecule has 0 bridgehead atoms. The number of nitrogens with zero attached hydrogens (tertiary/aromatic N) is 2. The quantitative estimate of drug-likeness (QED) is 0.866. The van der Waals surface area contributed by atoms with Gasteiger partial charge in [-0.2, -0.15) is 0 Å². The topological polar surface area (TPSA) is 37.4 Å². The number of rotatable bonds is 3. The van der Waals surface area contributed by atoms with Crippen LogP contribution >= 0.6 is 0 Å². The molecule has 2 atom stereocenters. The molecule has 94 valence electrons. The van der Waals surface area contributed by atoms with Crippen LogP contribution in [0.3, 0.4) is 0 Å². The summed E-state index contributed by atoms with van der Waals surface area (Å²) in [5.41, 5.74) is 2.22. The normalized spacial score (nSPS) is 25.8. The second kappa shape index (κ2) is 5.47. The summed E-state index contributed by atoms with van der Waals surface area (Å²) < 4.78 is 5.72. The number of pyridine rings is 1. The lowest BCUT2D eigenvalue weighted by Crippen LogP contribution is -2.44. The highest BCUT2D eigenvalue weighted by atomic mass is 16.5. The van der Waals surface area contributed by atoms with Crippen molar-refractivity contribution >= 4 is 5.69 Å². The first kappa shape index (κ1) is 12.3. The Morgan fingerprint density at radius 2 is 2.12 bits per heavy atom. The van der Waals surface area contributed by atoms with Gasteiger partial charge in [-0.25, -0.2) is 0 Å². The highest BCUT2D eigenvalue weighted by molar-refractivity contribution is 5.42. The van der Waals surface area contributed by atoms with Crippen LogP contribution in [0.1, 0.15) is 19.5 Å². The number of ether oxygens (including phenoxy) is 1. The van der Waals surface area contributed by atoms with Crippen LogP contribution < -0.4 is 5.32 Å². The van der Waals surface area contributed by atoms with E-state index in [1.165, 1.54) is 0 Å². The lowest BCUT2D eigenvalue weighted by atomic mass is 10.2. The van der Waals surface area contributed by atoms with Gasteiger partial charge in [-0.05, 0) is 26.0 Å². The van der Waals surface area contributed by atoms with Crippen molar-refractivity contribution in [3.8, 4) is 0 Å². The highest BCUT2D eigenvalue weighted by Crippen LogP contribution is 2.14. The molecule has 2 rings (SSSR count). The number of hydrogen-bond donors (Lipinski definition) is 1. The van der Waals surface area contributed by atoms with E-state index in [-0.39, 0.29) is 0 Å². The number of aromatic nitrogens is 1. The fourth-order valence-electron chi connectivity index (χ4n) is 2.36. The summed E-state index contributed by atoms with van der Waals surface area (Å²) in [7, 11) is 1.93. The second-order valence-electron chi connectivity index (χ2n) is 4.74. The molecule has 1 N–H and O–H groups in total. The van der Waals surface area contributed by atoms with Gasteiger partial charge in [-0.3, -0.25) is 9.88 Å². The molecule has 2 unspecified atom stereocenters. The first-order valence-corrected chi connectivity index (χ1v) is 6.18. The monoisotopic (exact) mass is 235 g/mol. The zero-order valence-electron chi connectivity index (χ0n) is 10.8. The number of nitrogens with one attached hydrogen (secondary N) is 1. The minimum absolute atomic E-state index is 0.311. The molecule has 4 heteroatoms. The van der Waals surface area contributed by atoms with Crippen molar-refractivity contribution in [1.29, 1.82) is 0 Å². The summed E-state index contributed by atoms with van der Waals surface area (Å²) in [4.78, 5) is 6.81. The first-order chi connectivity index (χ1) is 8.17. The Morgan fingerprint density at radius 3 is 2.76 bits per heavy atom. The zero-order chi connectivity index (χ0) is 12.3. The van der Waals surface area contributed by atoms with E-state index in [1.54, 1.807) is 0 Å². The Morgan fingerprint density at radius 1 is 1.41 bits per heavy atom. The Hall–Kier alpha value is -1.13. The summed E-state index contributed by atoms with van der Waals surface area (Å²) in [6.45, 7) is 7.11. The molecule has 2 heterocycles. The molecular weight excluding hydrogens is 214 g/mol. The SMILES string of the molecule is CNc1ccnc(CN2CC(C)OC(C)C2)c1. The molecule has 17 heavy (non-hydrogen) atoms. The first-order valence-electron chi connectivity index (χ1n) is 6.18. The van der Waals surface area contributed by atoms with Gasteiger partial charge in [0.25, 0.3) is 0 Å². The lowest BCUT2D eigenvalue weighted by molar-refractivity contribution is -0.0707. The standard InChI is InChI=1S/C13H21N3O/c1-10-7-16(8-11(2)17-10)9-13-6-12(14-3)4-5-15-13/h4-6,10-11H,7-9H2,1-3H3,(H,14,15). The molecule has 1 aromatic rings. The predicted octanol–water partition coefficient (Wildman–Crippen LogP) is 1.73. The van der Waals surface area contributed by atoms with Crippen LogP contribution in [0.15, 0.2) is 18.3 Å². The van der Waals surface area contributed by atoms with Gasteiger partial charge in [0, 0.05) is 38.6 Å². The van der Waals surface area contributed by atoms with Crippen molar-refractivity contribution in [2.45, 2.75) is 32.6 Å². The van der Waals surface area contributed by atoms with Crippen molar-refractivity contribution in [1.82, 2.24) is 9.88 Å². The van der Waals surface area contributed by atoms with Gasteiger partial charge in [0.05, 0.1) is 17.9 Å². The van der Waals surface area contributed by atoms with Crippen molar-refractivity contribution in [2.75, 3.05) is 25.5 Å². The molecule has 4 nitrogen and oxygen atoms in total. The van der Waals surface area contributed by atoms with Crippen molar-refractivity contribution in [3.05, 3.63) is 24.0 Å². The van der Waals surface area contributed by atoms with E-state index in [1.807, 2.05) is 19.3 Å². The highest BCUT2D eigenvalue weighted by Gasteiger charge is 2.22. The fraction of sp³-hybridized carbons (Fsp3) is 0.615. The van der Waals surface area contributed by atoms with Crippen molar-refractivity contribution in [3.63, 3.8) is 0 Å². The van der Waals surface area contributed by atoms with E-state index in [9.17, 15) is 0 Å². The van der Waals surface area contributed by atoms with E-state index in [2.05, 4.69) is 35.1 Å². The minimum atomic E-state index is 0.311. The average Bonchev–Trinajstić information content (AvgIpc) is 2.28. The molecule has 1 fully saturated rings. The van der Waals surface area contributed by atoms with Crippen LogP contribution in [0, 0.1) is 0 Å². The molecule has 1 aromatic heterocycles. The maximum absolute atomic E-state index is 5.72. The Balaban J connectivity index is 1.99. The summed E-state index contributed by atoms with van der Waals surface area (Å²) in [5, 5.41) is 3.14. The number of morpholine rings is 1. The predicted molar refractivity (Wildman–Crippen MR) is 69.1 cm³/mol. The molecule has 0 spiro atoms. The number of anilines is 1. The van der Waals surface area contributed by atoms with E-state index in [0.29, 0.717) is 12.2 Å². The van der Waals surface area contributed by atoms with Crippen LogP contribution in [0.2, 0.25) is 0 Å². The van der Waals surface area contributed by atoms with E-state index in [0.717, 1.165) is 31.0 Å². The fourth-order valence-corrected chi connectivity index (χ4v) is 2.36. The van der Waals surface area contributed by atoms with Gasteiger partial charge >= 0.3 is 0 Å². The summed E-state index contributed by atoms with van der Waals surface area (Å²) in [6, 6.07) is 4.08. The van der Waals surface area contributed by atoms with Crippen LogP contribution in [0.25, 0.3) is 0 Å². The molecule has 0 amide bonds. The number of hydrogen-bond acceptors (Lipinski definition) is 4. The van der Waals surface area contributed by atoms with Gasteiger partial charge in [-0.15, -0.1) is 0 Å². The minimum Gasteiger partial charge on any atom is -0.388 e. The van der Waals surface area contributed by atoms with Gasteiger partial charge < -0.3 is 10.1 Å². The van der Waals surface area contributed by atoms with E-state index in [4.69, 9.17) is 4.74 Å². The Labute approximate surface area is 103 Å². The Bertz CT molecular complexity index is 359. The largest absolute Gasteiger partial charge is 0.388 e. The van der Waals surface area contributed by atoms with Crippen LogP contribution in [0.4, 0.5) is 5.69 Å². The molecule has 0 radical (unpaired) electrons. The Kier molecular flexibility index (Phi) is 3.97.